The molecule has 0 radical (unpaired) electrons. The van der Waals surface area contributed by atoms with Crippen molar-refractivity contribution in [3.05, 3.63) is 35.9 Å². The summed E-state index contributed by atoms with van der Waals surface area (Å²) in [5, 5.41) is 11.5. The van der Waals surface area contributed by atoms with E-state index in [0.29, 0.717) is 19.4 Å². The number of carboxylic acid groups (broad SMARTS) is 1. The molecule has 0 aliphatic carbocycles. The Hall–Kier alpha value is -2.37. The van der Waals surface area contributed by atoms with E-state index in [1.54, 1.807) is 4.90 Å². The van der Waals surface area contributed by atoms with Gasteiger partial charge in [0.15, 0.2) is 0 Å². The summed E-state index contributed by atoms with van der Waals surface area (Å²) in [6, 6.07) is 8.64. The van der Waals surface area contributed by atoms with Crippen molar-refractivity contribution in [1.82, 2.24) is 10.2 Å². The van der Waals surface area contributed by atoms with Crippen LogP contribution in [0.15, 0.2) is 30.3 Å². The van der Waals surface area contributed by atoms with Crippen LogP contribution in [0.25, 0.3) is 0 Å². The van der Waals surface area contributed by atoms with E-state index in [-0.39, 0.29) is 24.8 Å². The van der Waals surface area contributed by atoms with Crippen LogP contribution in [0.4, 0.5) is 0 Å². The van der Waals surface area contributed by atoms with Crippen LogP contribution in [0.3, 0.4) is 0 Å². The zero-order valence-corrected chi connectivity index (χ0v) is 13.6. The summed E-state index contributed by atoms with van der Waals surface area (Å²) in [5.41, 5.74) is 0.984. The van der Waals surface area contributed by atoms with Gasteiger partial charge in [0.05, 0.1) is 0 Å². The summed E-state index contributed by atoms with van der Waals surface area (Å²) < 4.78 is 0. The molecule has 0 aromatic heterocycles. The summed E-state index contributed by atoms with van der Waals surface area (Å²) >= 11 is 0. The zero-order valence-electron chi connectivity index (χ0n) is 13.6. The maximum absolute atomic E-state index is 11.9. The molecule has 1 aromatic rings. The lowest BCUT2D eigenvalue weighted by atomic mass is 10.1. The number of nitrogens with zero attached hydrogens (tertiary/aromatic N) is 1. The predicted octanol–water partition coefficient (Wildman–Crippen LogP) is 1.79. The summed E-state index contributed by atoms with van der Waals surface area (Å²) in [5.74, 6) is -1.51. The number of nitrogens with one attached hydrogen (secondary N) is 1. The van der Waals surface area contributed by atoms with Crippen LogP contribution in [0.2, 0.25) is 0 Å². The quantitative estimate of drug-likeness (QED) is 0.726. The van der Waals surface area contributed by atoms with Crippen molar-refractivity contribution in [2.24, 2.45) is 0 Å². The highest BCUT2D eigenvalue weighted by molar-refractivity contribution is 5.84. The molecule has 1 atom stereocenters. The first-order valence-electron chi connectivity index (χ1n) is 7.75. The minimum absolute atomic E-state index is 0.0832. The van der Waals surface area contributed by atoms with E-state index in [1.165, 1.54) is 6.92 Å². The van der Waals surface area contributed by atoms with Gasteiger partial charge in [0.2, 0.25) is 11.8 Å². The fraction of sp³-hybridized carbons (Fsp3) is 0.471. The van der Waals surface area contributed by atoms with Gasteiger partial charge < -0.3 is 15.3 Å². The minimum atomic E-state index is -1.03. The van der Waals surface area contributed by atoms with Crippen LogP contribution in [0.5, 0.6) is 0 Å². The van der Waals surface area contributed by atoms with Crippen molar-refractivity contribution in [1.29, 1.82) is 0 Å². The molecule has 23 heavy (non-hydrogen) atoms. The molecule has 0 heterocycles. The molecule has 0 aliphatic rings. The standard InChI is InChI=1S/C17H24N2O4/c1-3-7-15(17(22)23)18-16(21)10-11-19(13(2)20)12-14-8-5-4-6-9-14/h4-6,8-9,15H,3,7,10-12H2,1-2H3,(H,18,21)(H,22,23). The third-order valence-corrected chi connectivity index (χ3v) is 3.48. The fourth-order valence-electron chi connectivity index (χ4n) is 2.20. The van der Waals surface area contributed by atoms with E-state index in [4.69, 9.17) is 5.11 Å². The average molecular weight is 320 g/mol. The van der Waals surface area contributed by atoms with Gasteiger partial charge in [-0.25, -0.2) is 4.79 Å². The number of aliphatic carboxylic acids is 1. The van der Waals surface area contributed by atoms with Crippen molar-refractivity contribution >= 4 is 17.8 Å². The normalized spacial score (nSPS) is 11.6. The van der Waals surface area contributed by atoms with Gasteiger partial charge in [-0.15, -0.1) is 0 Å². The van der Waals surface area contributed by atoms with Crippen molar-refractivity contribution < 1.29 is 19.5 Å². The predicted molar refractivity (Wildman–Crippen MR) is 86.6 cm³/mol. The van der Waals surface area contributed by atoms with E-state index in [9.17, 15) is 14.4 Å². The molecule has 1 unspecified atom stereocenters. The first-order chi connectivity index (χ1) is 10.9. The Labute approximate surface area is 136 Å². The molecule has 0 saturated carbocycles. The Bertz CT molecular complexity index is 531. The van der Waals surface area contributed by atoms with Crippen molar-refractivity contribution in [2.75, 3.05) is 6.54 Å². The van der Waals surface area contributed by atoms with Crippen LogP contribution in [0, 0.1) is 0 Å². The second-order valence-electron chi connectivity index (χ2n) is 5.42. The molecule has 126 valence electrons. The first-order valence-corrected chi connectivity index (χ1v) is 7.75. The van der Waals surface area contributed by atoms with Crippen LogP contribution in [0.1, 0.15) is 38.7 Å². The lowest BCUT2D eigenvalue weighted by molar-refractivity contribution is -0.142. The molecule has 0 fully saturated rings. The number of carboxylic acids is 1. The first kappa shape index (κ1) is 18.7. The molecule has 2 N–H and O–H groups in total. The summed E-state index contributed by atoms with van der Waals surface area (Å²) in [7, 11) is 0. The number of carbonyl (C=O) groups is 3. The Morgan fingerprint density at radius 2 is 1.87 bits per heavy atom. The minimum Gasteiger partial charge on any atom is -0.480 e. The van der Waals surface area contributed by atoms with Crippen LogP contribution in [-0.4, -0.2) is 40.4 Å². The van der Waals surface area contributed by atoms with E-state index in [1.807, 2.05) is 37.3 Å². The Morgan fingerprint density at radius 1 is 1.22 bits per heavy atom. The smallest absolute Gasteiger partial charge is 0.326 e. The summed E-state index contributed by atoms with van der Waals surface area (Å²) in [6.07, 6.45) is 1.15. The van der Waals surface area contributed by atoms with E-state index < -0.39 is 12.0 Å². The highest BCUT2D eigenvalue weighted by Gasteiger charge is 2.19. The number of benzene rings is 1. The van der Waals surface area contributed by atoms with E-state index >= 15 is 0 Å². The molecule has 0 saturated heterocycles. The van der Waals surface area contributed by atoms with Gasteiger partial charge in [-0.2, -0.15) is 0 Å². The lowest BCUT2D eigenvalue weighted by Crippen LogP contribution is -2.42. The summed E-state index contributed by atoms with van der Waals surface area (Å²) in [6.45, 7) is 4.01. The largest absolute Gasteiger partial charge is 0.480 e. The van der Waals surface area contributed by atoms with Crippen LogP contribution in [-0.2, 0) is 20.9 Å². The van der Waals surface area contributed by atoms with Crippen molar-refractivity contribution in [2.45, 2.75) is 45.7 Å². The SMILES string of the molecule is CCCC(NC(=O)CCN(Cc1ccccc1)C(C)=O)C(=O)O. The molecule has 0 bridgehead atoms. The maximum Gasteiger partial charge on any atom is 0.326 e. The number of hydrogen-bond donors (Lipinski definition) is 2. The van der Waals surface area contributed by atoms with Gasteiger partial charge in [0.25, 0.3) is 0 Å². The summed E-state index contributed by atoms with van der Waals surface area (Å²) in [4.78, 5) is 36.2. The third kappa shape index (κ3) is 6.95. The topological polar surface area (TPSA) is 86.7 Å². The monoisotopic (exact) mass is 320 g/mol. The molecule has 0 aliphatic heterocycles. The molecule has 0 spiro atoms. The van der Waals surface area contributed by atoms with Crippen molar-refractivity contribution in [3.63, 3.8) is 0 Å². The van der Waals surface area contributed by atoms with Crippen LogP contribution >= 0.6 is 0 Å². The Kier molecular flexibility index (Phi) is 7.80. The zero-order chi connectivity index (χ0) is 17.2. The second kappa shape index (κ2) is 9.61. The molecule has 6 heteroatoms. The Morgan fingerprint density at radius 3 is 2.39 bits per heavy atom. The van der Waals surface area contributed by atoms with Gasteiger partial charge in [0.1, 0.15) is 6.04 Å². The molecule has 1 rings (SSSR count). The van der Waals surface area contributed by atoms with Gasteiger partial charge in [-0.05, 0) is 12.0 Å². The Balaban J connectivity index is 2.53. The van der Waals surface area contributed by atoms with Crippen molar-refractivity contribution in [3.8, 4) is 0 Å². The second-order valence-corrected chi connectivity index (χ2v) is 5.42. The molecule has 2 amide bonds. The van der Waals surface area contributed by atoms with E-state index in [2.05, 4.69) is 5.32 Å². The van der Waals surface area contributed by atoms with Gasteiger partial charge in [0, 0.05) is 26.4 Å². The fourth-order valence-corrected chi connectivity index (χ4v) is 2.20. The van der Waals surface area contributed by atoms with Crippen LogP contribution < -0.4 is 5.32 Å². The van der Waals surface area contributed by atoms with Gasteiger partial charge in [-0.1, -0.05) is 43.7 Å². The highest BCUT2D eigenvalue weighted by Crippen LogP contribution is 2.06. The molecule has 1 aromatic carbocycles. The number of carbonyl (C=O) groups excluding carboxylic acids is 2. The number of hydrogen-bond acceptors (Lipinski definition) is 3. The van der Waals surface area contributed by atoms with E-state index in [0.717, 1.165) is 5.56 Å². The number of rotatable bonds is 9. The van der Waals surface area contributed by atoms with Gasteiger partial charge >= 0.3 is 5.97 Å². The average Bonchev–Trinajstić information content (AvgIpc) is 2.51. The maximum atomic E-state index is 11.9. The number of amides is 2. The van der Waals surface area contributed by atoms with Gasteiger partial charge in [-0.3, -0.25) is 9.59 Å². The highest BCUT2D eigenvalue weighted by atomic mass is 16.4. The third-order valence-electron chi connectivity index (χ3n) is 3.48. The lowest BCUT2D eigenvalue weighted by Gasteiger charge is -2.21. The molecular weight excluding hydrogens is 296 g/mol. The molecular formula is C17H24N2O4. The molecule has 6 nitrogen and oxygen atoms in total.